The molecule has 69 heavy (non-hydrogen) atoms. The number of hydrogen-bond acceptors (Lipinski definition) is 4. The van der Waals surface area contributed by atoms with E-state index in [-0.39, 0.29) is 0 Å². The van der Waals surface area contributed by atoms with E-state index in [0.29, 0.717) is 0 Å². The summed E-state index contributed by atoms with van der Waals surface area (Å²) in [6.07, 6.45) is 3.80. The molecule has 5 heteroatoms. The summed E-state index contributed by atoms with van der Waals surface area (Å²) in [6.45, 7) is 0. The maximum atomic E-state index is 5.58. The predicted molar refractivity (Wildman–Crippen MR) is 288 cm³/mol. The molecule has 0 fully saturated rings. The summed E-state index contributed by atoms with van der Waals surface area (Å²) in [4.78, 5) is 21.7. The Kier molecular flexibility index (Phi) is 8.00. The number of benzene rings is 12. The maximum absolute atomic E-state index is 5.58. The summed E-state index contributed by atoms with van der Waals surface area (Å²) in [5.41, 5.74) is 12.3. The number of para-hydroxylation sites is 2. The fourth-order valence-corrected chi connectivity index (χ4v) is 11.3. The molecular formula is C64H37N5. The Morgan fingerprint density at radius 1 is 0.261 bits per heavy atom. The minimum Gasteiger partial charge on any atom is -0.309 e. The Morgan fingerprint density at radius 3 is 1.19 bits per heavy atom. The molecule has 0 amide bonds. The SMILES string of the molecule is c1cc(-c2ccc3c4ccccc4c4ccccc4c3c2)cc(-c2cnc3c4ncc(-c5cccc(-n6c7ccccc7c7ccccc76)c5)nc4c4c5ccccc5c5ccccc5c4c3n2)c1. The van der Waals surface area contributed by atoms with Crippen molar-refractivity contribution in [3.8, 4) is 39.3 Å². The zero-order valence-corrected chi connectivity index (χ0v) is 37.1. The lowest BCUT2D eigenvalue weighted by molar-refractivity contribution is 1.18. The highest BCUT2D eigenvalue weighted by Crippen LogP contribution is 2.44. The van der Waals surface area contributed by atoms with Gasteiger partial charge in [-0.15, -0.1) is 0 Å². The van der Waals surface area contributed by atoms with Crippen LogP contribution < -0.4 is 0 Å². The number of rotatable bonds is 4. The maximum Gasteiger partial charge on any atom is 0.117 e. The summed E-state index contributed by atoms with van der Waals surface area (Å²) in [5, 5.41) is 16.6. The zero-order chi connectivity index (χ0) is 45.2. The van der Waals surface area contributed by atoms with Crippen molar-refractivity contribution in [2.24, 2.45) is 0 Å². The number of hydrogen-bond donors (Lipinski definition) is 0. The summed E-state index contributed by atoms with van der Waals surface area (Å²) in [5.74, 6) is 0. The second-order valence-corrected chi connectivity index (χ2v) is 18.1. The van der Waals surface area contributed by atoms with Crippen molar-refractivity contribution in [2.45, 2.75) is 0 Å². The summed E-state index contributed by atoms with van der Waals surface area (Å²) in [7, 11) is 0. The van der Waals surface area contributed by atoms with E-state index in [4.69, 9.17) is 19.9 Å². The van der Waals surface area contributed by atoms with Gasteiger partial charge in [-0.1, -0.05) is 176 Å². The van der Waals surface area contributed by atoms with Gasteiger partial charge in [-0.05, 0) is 101 Å². The van der Waals surface area contributed by atoms with Crippen LogP contribution in [0.2, 0.25) is 0 Å². The Balaban J connectivity index is 0.932. The van der Waals surface area contributed by atoms with Gasteiger partial charge in [0, 0.05) is 38.4 Å². The van der Waals surface area contributed by atoms with E-state index in [1.54, 1.807) is 0 Å². The molecule has 0 radical (unpaired) electrons. The van der Waals surface area contributed by atoms with Crippen LogP contribution in [0.4, 0.5) is 0 Å². The number of aromatic nitrogens is 5. The van der Waals surface area contributed by atoms with Crippen molar-refractivity contribution in [1.29, 1.82) is 0 Å². The van der Waals surface area contributed by atoms with E-state index in [1.807, 2.05) is 12.4 Å². The van der Waals surface area contributed by atoms with Crippen molar-refractivity contribution in [3.05, 3.63) is 225 Å². The molecule has 0 aliphatic heterocycles. The lowest BCUT2D eigenvalue weighted by Crippen LogP contribution is -1.98. The molecule has 5 nitrogen and oxygen atoms in total. The lowest BCUT2D eigenvalue weighted by Gasteiger charge is -2.16. The van der Waals surface area contributed by atoms with Crippen LogP contribution in [-0.4, -0.2) is 24.5 Å². The van der Waals surface area contributed by atoms with Crippen molar-refractivity contribution < 1.29 is 0 Å². The average Bonchev–Trinajstić information content (AvgIpc) is 3.77. The van der Waals surface area contributed by atoms with Crippen LogP contribution in [-0.2, 0) is 0 Å². The summed E-state index contributed by atoms with van der Waals surface area (Å²) in [6, 6.07) is 76.3. The van der Waals surface area contributed by atoms with Crippen molar-refractivity contribution in [1.82, 2.24) is 24.5 Å². The molecule has 15 aromatic rings. The van der Waals surface area contributed by atoms with Crippen LogP contribution in [0.5, 0.6) is 0 Å². The van der Waals surface area contributed by atoms with Gasteiger partial charge in [-0.2, -0.15) is 0 Å². The van der Waals surface area contributed by atoms with E-state index < -0.39 is 0 Å². The third-order valence-electron chi connectivity index (χ3n) is 14.4. The van der Waals surface area contributed by atoms with Crippen LogP contribution in [0.1, 0.15) is 0 Å². The molecule has 0 saturated carbocycles. The van der Waals surface area contributed by atoms with Gasteiger partial charge in [0.2, 0.25) is 0 Å². The van der Waals surface area contributed by atoms with Gasteiger partial charge in [0.05, 0.1) is 34.8 Å². The molecule has 0 bridgehead atoms. The van der Waals surface area contributed by atoms with Crippen LogP contribution in [0.25, 0.3) is 148 Å². The first kappa shape index (κ1) is 37.9. The summed E-state index contributed by atoms with van der Waals surface area (Å²) < 4.78 is 2.35. The van der Waals surface area contributed by atoms with Gasteiger partial charge in [0.1, 0.15) is 22.1 Å². The first-order valence-corrected chi connectivity index (χ1v) is 23.5. The highest BCUT2D eigenvalue weighted by atomic mass is 15.0. The molecule has 0 aliphatic carbocycles. The quantitative estimate of drug-likeness (QED) is 0.165. The van der Waals surface area contributed by atoms with E-state index in [2.05, 4.69) is 217 Å². The van der Waals surface area contributed by atoms with E-state index in [0.717, 1.165) is 105 Å². The average molecular weight is 876 g/mol. The van der Waals surface area contributed by atoms with E-state index >= 15 is 0 Å². The molecule has 12 aromatic carbocycles. The normalized spacial score (nSPS) is 12.1. The molecule has 0 unspecified atom stereocenters. The molecule has 318 valence electrons. The third-order valence-corrected chi connectivity index (χ3v) is 14.4. The minimum atomic E-state index is 0.726. The molecule has 0 N–H and O–H groups in total. The van der Waals surface area contributed by atoms with Crippen molar-refractivity contribution in [3.63, 3.8) is 0 Å². The number of fused-ring (bicyclic) bond motifs is 20. The topological polar surface area (TPSA) is 56.5 Å². The minimum absolute atomic E-state index is 0.726. The molecule has 3 heterocycles. The lowest BCUT2D eigenvalue weighted by atomic mass is 9.91. The first-order chi connectivity index (χ1) is 34.2. The Labute approximate surface area is 395 Å². The summed E-state index contributed by atoms with van der Waals surface area (Å²) >= 11 is 0. The molecule has 0 atom stereocenters. The fraction of sp³-hybridized carbons (Fsp3) is 0. The zero-order valence-electron chi connectivity index (χ0n) is 37.1. The second-order valence-electron chi connectivity index (χ2n) is 18.1. The van der Waals surface area contributed by atoms with Gasteiger partial charge in [0.15, 0.2) is 0 Å². The Hall–Kier alpha value is -9.32. The van der Waals surface area contributed by atoms with E-state index in [1.165, 1.54) is 43.1 Å². The van der Waals surface area contributed by atoms with Gasteiger partial charge in [-0.3, -0.25) is 0 Å². The Morgan fingerprint density at radius 2 is 0.652 bits per heavy atom. The highest BCUT2D eigenvalue weighted by molar-refractivity contribution is 6.37. The largest absolute Gasteiger partial charge is 0.309 e. The highest BCUT2D eigenvalue weighted by Gasteiger charge is 2.22. The first-order valence-electron chi connectivity index (χ1n) is 23.5. The van der Waals surface area contributed by atoms with Crippen molar-refractivity contribution >= 4 is 109 Å². The molecule has 0 saturated heterocycles. The molecule has 0 spiro atoms. The predicted octanol–water partition coefficient (Wildman–Crippen LogP) is 16.6. The molecular weight excluding hydrogens is 839 g/mol. The number of nitrogens with zero attached hydrogens (tertiary/aromatic N) is 5. The molecule has 15 rings (SSSR count). The monoisotopic (exact) mass is 875 g/mol. The van der Waals surface area contributed by atoms with Gasteiger partial charge >= 0.3 is 0 Å². The van der Waals surface area contributed by atoms with E-state index in [9.17, 15) is 0 Å². The van der Waals surface area contributed by atoms with Crippen LogP contribution >= 0.6 is 0 Å². The van der Waals surface area contributed by atoms with Crippen LogP contribution in [0.3, 0.4) is 0 Å². The smallest absolute Gasteiger partial charge is 0.117 e. The third kappa shape index (κ3) is 5.59. The molecule has 0 aliphatic rings. The second kappa shape index (κ2) is 14.6. The standard InChI is InChI=1S/C64H37N5/c1-2-21-45-43(19-1)44-20-3-4-24-48(44)54-35-39(31-32-49(45)54)38-15-13-16-40(33-38)55-36-65-63-61(67-55)59-52-27-7-5-22-46(52)47-23-6-8-28-53(47)60(59)62-64(63)66-37-56(68-62)41-17-14-18-42(34-41)69-57-29-11-9-25-50(57)51-26-10-12-30-58(51)69/h1-37H. The fourth-order valence-electron chi connectivity index (χ4n) is 11.3. The van der Waals surface area contributed by atoms with Crippen LogP contribution in [0.15, 0.2) is 225 Å². The molecule has 3 aromatic heterocycles. The Bertz CT molecular complexity index is 4590. The van der Waals surface area contributed by atoms with Crippen molar-refractivity contribution in [2.75, 3.05) is 0 Å². The van der Waals surface area contributed by atoms with Gasteiger partial charge in [-0.25, -0.2) is 19.9 Å². The van der Waals surface area contributed by atoms with Gasteiger partial charge in [0.25, 0.3) is 0 Å². The van der Waals surface area contributed by atoms with Gasteiger partial charge < -0.3 is 4.57 Å². The van der Waals surface area contributed by atoms with Crippen LogP contribution in [0, 0.1) is 0 Å².